The molecule has 0 bridgehead atoms. The van der Waals surface area contributed by atoms with E-state index in [-0.39, 0.29) is 61.0 Å². The van der Waals surface area contributed by atoms with Gasteiger partial charge in [-0.15, -0.1) is 0 Å². The molecule has 8 aliphatic rings. The van der Waals surface area contributed by atoms with Crippen LogP contribution in [0.25, 0.3) is 16.9 Å². The predicted octanol–water partition coefficient (Wildman–Crippen LogP) is 10.2. The maximum atomic E-state index is 12.1. The topological polar surface area (TPSA) is 402 Å². The molecular weight excluding hydrogens is 1570 g/mol. The Kier molecular flexibility index (Phi) is 34.4. The largest absolute Gasteiger partial charge is 0.465 e. The summed E-state index contributed by atoms with van der Waals surface area (Å²) >= 11 is 3.25. The van der Waals surface area contributed by atoms with Crippen LogP contribution in [0.15, 0.2) is 126 Å². The molecule has 14 heterocycles. The number of hydrogen-bond donors (Lipinski definition) is 5. The number of Topliss-reactive ketones (excluding diaryl/α,β-unsaturated/α-hetero) is 2. The number of benzene rings is 2. The Morgan fingerprint density at radius 2 is 0.974 bits per heavy atom. The minimum atomic E-state index is -0.483. The number of ketones is 2. The number of hydrogen-bond acceptors (Lipinski definition) is 27. The predicted molar refractivity (Wildman–Crippen MR) is 442 cm³/mol. The van der Waals surface area contributed by atoms with Crippen LogP contribution in [0.1, 0.15) is 177 Å². The lowest BCUT2D eigenvalue weighted by molar-refractivity contribution is -0.117. The number of halogens is 1. The molecule has 117 heavy (non-hydrogen) atoms. The minimum absolute atomic E-state index is 0.0648. The highest BCUT2D eigenvalue weighted by molar-refractivity contribution is 9.10. The molecule has 0 aliphatic carbocycles. The molecule has 0 radical (unpaired) electrons. The van der Waals surface area contributed by atoms with E-state index < -0.39 is 34.6 Å². The van der Waals surface area contributed by atoms with Crippen molar-refractivity contribution in [2.24, 2.45) is 10.7 Å². The highest BCUT2D eigenvalue weighted by atomic mass is 79.9. The van der Waals surface area contributed by atoms with Gasteiger partial charge in [-0.2, -0.15) is 15.3 Å². The Morgan fingerprint density at radius 1 is 0.513 bits per heavy atom. The summed E-state index contributed by atoms with van der Waals surface area (Å²) in [5.41, 5.74) is 14.8. The van der Waals surface area contributed by atoms with Crippen LogP contribution in [0.3, 0.4) is 0 Å². The second kappa shape index (κ2) is 43.3. The molecule has 4 fully saturated rings. The van der Waals surface area contributed by atoms with Crippen molar-refractivity contribution in [2.45, 2.75) is 196 Å². The summed E-state index contributed by atoms with van der Waals surface area (Å²) in [6.07, 6.45) is 15.2. The van der Waals surface area contributed by atoms with E-state index in [0.29, 0.717) is 75.5 Å². The Morgan fingerprint density at radius 3 is 1.38 bits per heavy atom. The number of nitrogens with two attached hydrogens (primary N) is 1. The molecular formula is C82H113BrN18O16. The van der Waals surface area contributed by atoms with E-state index in [1.165, 1.54) is 40.2 Å². The average molecular weight is 1690 g/mol. The molecule has 2 unspecified atom stereocenters. The minimum Gasteiger partial charge on any atom is -0.465 e. The fourth-order valence-corrected chi connectivity index (χ4v) is 12.2. The van der Waals surface area contributed by atoms with Gasteiger partial charge in [0.2, 0.25) is 0 Å². The molecule has 634 valence electrons. The van der Waals surface area contributed by atoms with Gasteiger partial charge in [-0.25, -0.2) is 57.3 Å². The molecule has 35 heteroatoms. The van der Waals surface area contributed by atoms with Crippen molar-refractivity contribution in [1.82, 2.24) is 74.0 Å². The van der Waals surface area contributed by atoms with Gasteiger partial charge in [-0.1, -0.05) is 48.0 Å². The van der Waals surface area contributed by atoms with Crippen LogP contribution in [-0.2, 0) is 77.3 Å². The molecule has 0 spiro atoms. The quantitative estimate of drug-likeness (QED) is 0.0810. The number of aliphatic imine (C=N–C) groups is 1. The van der Waals surface area contributed by atoms with E-state index in [9.17, 15) is 43.5 Å². The van der Waals surface area contributed by atoms with Gasteiger partial charge in [-0.3, -0.25) is 19.5 Å². The number of amidine groups is 1. The van der Waals surface area contributed by atoms with Crippen LogP contribution >= 0.6 is 15.9 Å². The number of methoxy groups -OCH3 is 2. The van der Waals surface area contributed by atoms with Crippen molar-refractivity contribution in [3.63, 3.8) is 0 Å². The lowest BCUT2D eigenvalue weighted by Gasteiger charge is -2.24. The van der Waals surface area contributed by atoms with Crippen molar-refractivity contribution >= 4 is 92.3 Å². The van der Waals surface area contributed by atoms with Gasteiger partial charge < -0.3 is 74.6 Å². The van der Waals surface area contributed by atoms with E-state index in [0.717, 1.165) is 102 Å². The first-order valence-corrected chi connectivity index (χ1v) is 39.5. The summed E-state index contributed by atoms with van der Waals surface area (Å²) in [6.45, 7) is 35.2. The maximum Gasteiger partial charge on any atom is 0.410 e. The van der Waals surface area contributed by atoms with Crippen molar-refractivity contribution in [2.75, 3.05) is 78.0 Å². The lowest BCUT2D eigenvalue weighted by Crippen LogP contribution is -2.35. The van der Waals surface area contributed by atoms with Crippen molar-refractivity contribution in [1.29, 1.82) is 0 Å². The Balaban J connectivity index is 0.000000185. The van der Waals surface area contributed by atoms with Gasteiger partial charge in [0.1, 0.15) is 28.2 Å². The van der Waals surface area contributed by atoms with Crippen molar-refractivity contribution in [3.05, 3.63) is 165 Å². The number of β-amino-alcohol motifs (C(OH)–C–C–N with tert-alkyl or cyclic N) is 2. The number of carbonyl (C=O) groups is 8. The number of nitrogens with zero attached hydrogens (tertiary/aromatic N) is 15. The monoisotopic (exact) mass is 1680 g/mol. The lowest BCUT2D eigenvalue weighted by atomic mass is 10.2. The third kappa shape index (κ3) is 29.9. The highest BCUT2D eigenvalue weighted by Crippen LogP contribution is 2.30. The number of aliphatic hydroxyl groups is 2. The van der Waals surface area contributed by atoms with Crippen LogP contribution in [0, 0.1) is 0 Å². The van der Waals surface area contributed by atoms with Gasteiger partial charge in [-0.05, 0) is 145 Å². The Hall–Kier alpha value is -11.0. The second-order valence-corrected chi connectivity index (χ2v) is 32.3. The zero-order chi connectivity index (χ0) is 86.0. The fourth-order valence-electron chi connectivity index (χ4n) is 11.8. The van der Waals surface area contributed by atoms with Crippen LogP contribution in [0.4, 0.5) is 24.9 Å². The second-order valence-electron chi connectivity index (χ2n) is 31.4. The summed E-state index contributed by atoms with van der Waals surface area (Å²) in [5.74, 6) is 0.215. The van der Waals surface area contributed by atoms with E-state index >= 15 is 0 Å². The first-order valence-electron chi connectivity index (χ1n) is 38.7. The van der Waals surface area contributed by atoms with Crippen LogP contribution in [-0.4, -0.2) is 235 Å². The number of aliphatic hydroxyl groups excluding tert-OH is 2. The van der Waals surface area contributed by atoms with Gasteiger partial charge in [0.25, 0.3) is 0 Å². The molecule has 2 aromatic carbocycles. The number of fused-ring (bicyclic) bond motifs is 9. The molecule has 0 saturated carbocycles. The normalized spacial score (nSPS) is 16.7. The van der Waals surface area contributed by atoms with Gasteiger partial charge in [0, 0.05) is 129 Å². The van der Waals surface area contributed by atoms with Crippen LogP contribution in [0.2, 0.25) is 0 Å². The first kappa shape index (κ1) is 93.2. The Labute approximate surface area is 690 Å². The number of ether oxygens (including phenoxy) is 6. The summed E-state index contributed by atoms with van der Waals surface area (Å²) in [6, 6.07) is 20.2. The highest BCUT2D eigenvalue weighted by Gasteiger charge is 2.33. The molecule has 34 nitrogen and oxygen atoms in total. The molecule has 4 saturated heterocycles. The SMILES string of the molecule is CC.CC(C)(C)OC(=O)N1CCC(=O)C1.CC(C)(C)OC(=O)N1CCC(=O)C1.CC(C)(C)OC(=O)N1CCC(O)C1.CC(C)(C)OC(=O)N1Cc2cnc3ccnn3c2C1.COC(=O)c1cccc(Br)c1.COC(=O)c1cccc(N2Cc3cnc4ccnn4c3C2)c1.NC1=NCC=C1.OC1CCNC1.c1cc2ncc3c(n2n1)CNC3. The number of esters is 2. The summed E-state index contributed by atoms with van der Waals surface area (Å²) in [7, 11) is 2.75. The molecule has 8 aliphatic heterocycles. The molecule has 8 aromatic rings. The third-order valence-electron chi connectivity index (χ3n) is 17.2. The van der Waals surface area contributed by atoms with E-state index in [1.54, 1.807) is 64.5 Å². The third-order valence-corrected chi connectivity index (χ3v) is 17.7. The number of rotatable bonds is 3. The summed E-state index contributed by atoms with van der Waals surface area (Å²) in [4.78, 5) is 116. The summed E-state index contributed by atoms with van der Waals surface area (Å²) < 4.78 is 36.5. The summed E-state index contributed by atoms with van der Waals surface area (Å²) in [5, 5.41) is 36.9. The molecule has 16 rings (SSSR count). The number of carbonyl (C=O) groups excluding carboxylic acids is 8. The van der Waals surface area contributed by atoms with Crippen LogP contribution in [0.5, 0.6) is 0 Å². The number of likely N-dealkylation sites (tertiary alicyclic amines) is 3. The number of nitrogens with one attached hydrogen (secondary N) is 2. The van der Waals surface area contributed by atoms with E-state index in [4.69, 9.17) is 34.5 Å². The van der Waals surface area contributed by atoms with Crippen LogP contribution < -0.4 is 21.3 Å². The Bertz CT molecular complexity index is 4690. The molecule has 2 atom stereocenters. The van der Waals surface area contributed by atoms with Gasteiger partial charge in [0.15, 0.2) is 28.5 Å². The number of anilines is 1. The van der Waals surface area contributed by atoms with Crippen molar-refractivity contribution < 1.29 is 77.0 Å². The maximum absolute atomic E-state index is 12.1. The molecule has 6 N–H and O–H groups in total. The van der Waals surface area contributed by atoms with Gasteiger partial charge in [0.05, 0.1) is 112 Å². The fraction of sp³-hybridized carbons (Fsp3) is 0.500. The smallest absolute Gasteiger partial charge is 0.410 e. The average Bonchev–Trinajstić information content (AvgIpc) is 1.64. The number of aromatic nitrogens is 9. The van der Waals surface area contributed by atoms with Gasteiger partial charge >= 0.3 is 36.3 Å². The zero-order valence-corrected chi connectivity index (χ0v) is 71.4. The van der Waals surface area contributed by atoms with Crippen molar-refractivity contribution in [3.8, 4) is 0 Å². The molecule has 6 aromatic heterocycles. The number of amides is 4. The van der Waals surface area contributed by atoms with E-state index in [2.05, 4.69) is 71.4 Å². The van der Waals surface area contributed by atoms with E-state index in [1.807, 2.05) is 167 Å². The molecule has 4 amide bonds. The zero-order valence-electron chi connectivity index (χ0n) is 69.8. The standard InChI is InChI=1S/C16H14N4O2.C13H16N4O2.C9H17NO3.2C9H15NO3.C8H7BrO2.C8H8N4.C4H6N2.C4H9NO.C2H6/c1-22-16(21)11-3-2-4-13(7-11)19-9-12-8-17-15-5-6-18-20(15)14(12)10-19;1-13(2,3)19-12(18)16-7-9-6-14-11-4-5-15-17(11)10(9)8-16;3*1-9(2,3)13-8(12)10-5-4-7(11)6-10;1-11-8(10)6-3-2-4-7(9)5-6;1-2-11-12-7-5-9-3-6(7)4-10-8(1)12;5-4-2-1-3-6-4;6-4-1-2-5-3-4;1-2/h2-8H,9-10H2,1H3;4-6H,7-8H2,1-3H3;7,11H,4-6H2,1-3H3;2*4-6H2,1-3H3;2-5H,1H3;1-2,4,9H,3,5H2;1-2H,3H2,(H2,5,6);4-6H,1-3H2;1-2H3. The first-order chi connectivity index (χ1) is 55.3.